The summed E-state index contributed by atoms with van der Waals surface area (Å²) in [5.74, 6) is -0.517. The second-order valence-electron chi connectivity index (χ2n) is 6.54. The van der Waals surface area contributed by atoms with Gasteiger partial charge in [0.1, 0.15) is 5.02 Å². The molecule has 0 saturated heterocycles. The average molecular weight is 300 g/mol. The first-order valence-corrected chi connectivity index (χ1v) is 7.36. The molecule has 0 aromatic heterocycles. The Bertz CT molecular complexity index is 506. The van der Waals surface area contributed by atoms with Crippen molar-refractivity contribution in [3.05, 3.63) is 16.9 Å². The first-order chi connectivity index (χ1) is 9.23. The molecule has 3 nitrogen and oxygen atoms in total. The molecular weight excluding hydrogens is 277 g/mol. The van der Waals surface area contributed by atoms with Crippen molar-refractivity contribution in [2.24, 2.45) is 5.41 Å². The van der Waals surface area contributed by atoms with Crippen LogP contribution in [-0.2, 0) is 0 Å². The monoisotopic (exact) mass is 299 g/mol. The maximum absolute atomic E-state index is 14.3. The summed E-state index contributed by atoms with van der Waals surface area (Å²) in [5.41, 5.74) is 12.8. The van der Waals surface area contributed by atoms with Crippen molar-refractivity contribution >= 4 is 28.7 Å². The second-order valence-corrected chi connectivity index (χ2v) is 6.92. The fourth-order valence-corrected chi connectivity index (χ4v) is 3.11. The molecule has 0 radical (unpaired) electrons. The van der Waals surface area contributed by atoms with Gasteiger partial charge in [-0.1, -0.05) is 25.4 Å². The van der Waals surface area contributed by atoms with Gasteiger partial charge in [-0.3, -0.25) is 0 Å². The molecule has 0 aliphatic heterocycles. The Labute approximate surface area is 125 Å². The lowest BCUT2D eigenvalue weighted by atomic mass is 9.75. The summed E-state index contributed by atoms with van der Waals surface area (Å²) >= 11 is 5.90. The van der Waals surface area contributed by atoms with Crippen molar-refractivity contribution in [1.29, 1.82) is 0 Å². The molecule has 1 aliphatic rings. The Morgan fingerprint density at radius 2 is 1.80 bits per heavy atom. The third-order valence-electron chi connectivity index (χ3n) is 4.45. The largest absolute Gasteiger partial charge is 0.397 e. The molecule has 20 heavy (non-hydrogen) atoms. The van der Waals surface area contributed by atoms with Gasteiger partial charge in [0.2, 0.25) is 0 Å². The summed E-state index contributed by atoms with van der Waals surface area (Å²) in [6.45, 7) is 4.55. The van der Waals surface area contributed by atoms with Crippen molar-refractivity contribution in [2.45, 2.75) is 45.6 Å². The molecule has 4 N–H and O–H groups in total. The minimum atomic E-state index is -0.517. The van der Waals surface area contributed by atoms with Gasteiger partial charge in [-0.2, -0.15) is 0 Å². The molecule has 112 valence electrons. The van der Waals surface area contributed by atoms with E-state index in [1.54, 1.807) is 0 Å². The SMILES string of the molecule is CN(c1c(N)cc(N)c(Cl)c1F)C1CCC(C)(C)CC1. The highest BCUT2D eigenvalue weighted by atomic mass is 35.5. The summed E-state index contributed by atoms with van der Waals surface area (Å²) < 4.78 is 14.3. The van der Waals surface area contributed by atoms with Crippen molar-refractivity contribution in [2.75, 3.05) is 23.4 Å². The Morgan fingerprint density at radius 3 is 2.35 bits per heavy atom. The van der Waals surface area contributed by atoms with Gasteiger partial charge in [-0.25, -0.2) is 4.39 Å². The molecular formula is C15H23ClFN3. The maximum Gasteiger partial charge on any atom is 0.169 e. The number of rotatable bonds is 2. The van der Waals surface area contributed by atoms with Gasteiger partial charge in [-0.05, 0) is 37.2 Å². The first-order valence-electron chi connectivity index (χ1n) is 6.99. The topological polar surface area (TPSA) is 55.3 Å². The number of nitrogens with zero attached hydrogens (tertiary/aromatic N) is 1. The molecule has 1 aromatic carbocycles. The van der Waals surface area contributed by atoms with Crippen LogP contribution in [0.3, 0.4) is 0 Å². The number of nitrogen functional groups attached to an aromatic ring is 2. The third kappa shape index (κ3) is 2.80. The first kappa shape index (κ1) is 15.2. The summed E-state index contributed by atoms with van der Waals surface area (Å²) in [5, 5.41) is -0.0443. The molecule has 1 aliphatic carbocycles. The van der Waals surface area contributed by atoms with Crippen molar-refractivity contribution in [3.8, 4) is 0 Å². The molecule has 0 unspecified atom stereocenters. The van der Waals surface area contributed by atoms with E-state index in [-0.39, 0.29) is 10.7 Å². The van der Waals surface area contributed by atoms with Crippen LogP contribution in [0.5, 0.6) is 0 Å². The van der Waals surface area contributed by atoms with Crippen LogP contribution in [0.25, 0.3) is 0 Å². The molecule has 2 rings (SSSR count). The maximum atomic E-state index is 14.3. The van der Waals surface area contributed by atoms with Crippen LogP contribution in [0.15, 0.2) is 6.07 Å². The number of benzene rings is 1. The smallest absolute Gasteiger partial charge is 0.169 e. The van der Waals surface area contributed by atoms with Gasteiger partial charge in [0.05, 0.1) is 17.1 Å². The lowest BCUT2D eigenvalue weighted by molar-refractivity contribution is 0.222. The molecule has 0 atom stereocenters. The minimum Gasteiger partial charge on any atom is -0.397 e. The van der Waals surface area contributed by atoms with E-state index in [1.165, 1.54) is 6.07 Å². The molecule has 0 spiro atoms. The molecule has 5 heteroatoms. The van der Waals surface area contributed by atoms with E-state index < -0.39 is 5.82 Å². The fraction of sp³-hybridized carbons (Fsp3) is 0.600. The van der Waals surface area contributed by atoms with Crippen LogP contribution in [0, 0.1) is 11.2 Å². The van der Waals surface area contributed by atoms with Crippen molar-refractivity contribution in [1.82, 2.24) is 0 Å². The Hall–Kier alpha value is -1.16. The number of nitrogens with two attached hydrogens (primary N) is 2. The average Bonchev–Trinajstić information content (AvgIpc) is 2.36. The number of hydrogen-bond acceptors (Lipinski definition) is 3. The zero-order chi connectivity index (χ0) is 15.1. The zero-order valence-electron chi connectivity index (χ0n) is 12.3. The lowest BCUT2D eigenvalue weighted by Crippen LogP contribution is -2.38. The predicted molar refractivity (Wildman–Crippen MR) is 84.7 cm³/mol. The van der Waals surface area contributed by atoms with Crippen LogP contribution < -0.4 is 16.4 Å². The quantitative estimate of drug-likeness (QED) is 0.810. The highest BCUT2D eigenvalue weighted by Gasteiger charge is 2.31. The van der Waals surface area contributed by atoms with Crippen LogP contribution in [0.1, 0.15) is 39.5 Å². The molecule has 1 aromatic rings. The second kappa shape index (κ2) is 5.32. The van der Waals surface area contributed by atoms with Crippen LogP contribution >= 0.6 is 11.6 Å². The number of halogens is 2. The van der Waals surface area contributed by atoms with E-state index in [9.17, 15) is 4.39 Å². The predicted octanol–water partition coefficient (Wildman–Crippen LogP) is 4.05. The minimum absolute atomic E-state index is 0.0443. The number of anilines is 3. The van der Waals surface area contributed by atoms with Gasteiger partial charge in [-0.15, -0.1) is 0 Å². The summed E-state index contributed by atoms with van der Waals surface area (Å²) in [6, 6.07) is 1.82. The Balaban J connectivity index is 2.26. The molecule has 1 fully saturated rings. The Kier molecular flexibility index (Phi) is 4.05. The normalized spacial score (nSPS) is 19.1. The summed E-state index contributed by atoms with van der Waals surface area (Å²) in [4.78, 5) is 1.92. The summed E-state index contributed by atoms with van der Waals surface area (Å²) in [7, 11) is 1.88. The van der Waals surface area contributed by atoms with Crippen molar-refractivity contribution in [3.63, 3.8) is 0 Å². The molecule has 1 saturated carbocycles. The highest BCUT2D eigenvalue weighted by molar-refractivity contribution is 6.33. The lowest BCUT2D eigenvalue weighted by Gasteiger charge is -2.40. The van der Waals surface area contributed by atoms with E-state index in [0.29, 0.717) is 22.8 Å². The van der Waals surface area contributed by atoms with Gasteiger partial charge >= 0.3 is 0 Å². The van der Waals surface area contributed by atoms with Gasteiger partial charge in [0.15, 0.2) is 5.82 Å². The number of hydrogen-bond donors (Lipinski definition) is 2. The van der Waals surface area contributed by atoms with Crippen LogP contribution in [0.4, 0.5) is 21.5 Å². The van der Waals surface area contributed by atoms with Crippen LogP contribution in [0.2, 0.25) is 5.02 Å². The van der Waals surface area contributed by atoms with E-state index in [0.717, 1.165) is 25.7 Å². The molecule has 0 heterocycles. The molecule has 0 amide bonds. The van der Waals surface area contributed by atoms with Gasteiger partial charge in [0.25, 0.3) is 0 Å². The van der Waals surface area contributed by atoms with E-state index in [2.05, 4.69) is 13.8 Å². The van der Waals surface area contributed by atoms with Gasteiger partial charge in [0, 0.05) is 13.1 Å². The summed E-state index contributed by atoms with van der Waals surface area (Å²) in [6.07, 6.45) is 4.33. The van der Waals surface area contributed by atoms with Crippen LogP contribution in [-0.4, -0.2) is 13.1 Å². The standard InChI is InChI=1S/C15H23ClFN3/c1-15(2)6-4-9(5-7-15)20(3)14-11(19)8-10(18)12(16)13(14)17/h8-9H,4-7,18-19H2,1-3H3. The van der Waals surface area contributed by atoms with Crippen molar-refractivity contribution < 1.29 is 4.39 Å². The molecule has 0 bridgehead atoms. The Morgan fingerprint density at radius 1 is 1.25 bits per heavy atom. The van der Waals surface area contributed by atoms with E-state index >= 15 is 0 Å². The van der Waals surface area contributed by atoms with Gasteiger partial charge < -0.3 is 16.4 Å². The highest BCUT2D eigenvalue weighted by Crippen LogP contribution is 2.41. The third-order valence-corrected chi connectivity index (χ3v) is 4.83. The zero-order valence-corrected chi connectivity index (χ0v) is 13.1. The fourth-order valence-electron chi connectivity index (χ4n) is 2.97. The van der Waals surface area contributed by atoms with E-state index in [4.69, 9.17) is 23.1 Å². The van der Waals surface area contributed by atoms with E-state index in [1.807, 2.05) is 11.9 Å².